The van der Waals surface area contributed by atoms with Gasteiger partial charge in [-0.2, -0.15) is 0 Å². The van der Waals surface area contributed by atoms with Gasteiger partial charge in [0, 0.05) is 18.6 Å². The second-order valence-corrected chi connectivity index (χ2v) is 6.18. The molecule has 17 heavy (non-hydrogen) atoms. The number of rotatable bonds is 3. The van der Waals surface area contributed by atoms with Gasteiger partial charge in [0.1, 0.15) is 0 Å². The molecule has 1 atom stereocenters. The average Bonchev–Trinajstić information content (AvgIpc) is 2.15. The Morgan fingerprint density at radius 1 is 1.41 bits per heavy atom. The Labute approximate surface area is 105 Å². The SMILES string of the molecule is CC(C)N[C@H]1CCCN(OC(=O)C(C)(C)C)C1. The van der Waals surface area contributed by atoms with Gasteiger partial charge in [0.15, 0.2) is 0 Å². The van der Waals surface area contributed by atoms with Gasteiger partial charge in [-0.15, -0.1) is 5.06 Å². The van der Waals surface area contributed by atoms with E-state index in [1.165, 1.54) is 0 Å². The molecule has 0 spiro atoms. The average molecular weight is 242 g/mol. The molecule has 1 heterocycles. The molecule has 0 unspecified atom stereocenters. The molecule has 1 fully saturated rings. The Bertz CT molecular complexity index is 259. The molecule has 4 nitrogen and oxygen atoms in total. The van der Waals surface area contributed by atoms with Crippen LogP contribution < -0.4 is 5.32 Å². The first-order chi connectivity index (χ1) is 7.79. The fourth-order valence-electron chi connectivity index (χ4n) is 1.89. The number of hydroxylamine groups is 2. The maximum absolute atomic E-state index is 11.8. The summed E-state index contributed by atoms with van der Waals surface area (Å²) in [5.74, 6) is -0.150. The minimum atomic E-state index is -0.432. The Balaban J connectivity index is 2.42. The van der Waals surface area contributed by atoms with E-state index in [4.69, 9.17) is 4.84 Å². The summed E-state index contributed by atoms with van der Waals surface area (Å²) in [6.07, 6.45) is 2.23. The van der Waals surface area contributed by atoms with Crippen molar-refractivity contribution in [1.29, 1.82) is 0 Å². The minimum absolute atomic E-state index is 0.150. The molecule has 0 amide bonds. The van der Waals surface area contributed by atoms with Crippen LogP contribution in [-0.2, 0) is 9.63 Å². The van der Waals surface area contributed by atoms with Gasteiger partial charge in [0.05, 0.1) is 12.0 Å². The van der Waals surface area contributed by atoms with Gasteiger partial charge in [-0.25, -0.2) is 4.79 Å². The molecule has 1 N–H and O–H groups in total. The molecule has 0 radical (unpaired) electrons. The van der Waals surface area contributed by atoms with Crippen molar-refractivity contribution in [3.05, 3.63) is 0 Å². The number of carbonyl (C=O) groups is 1. The highest BCUT2D eigenvalue weighted by Gasteiger charge is 2.28. The Morgan fingerprint density at radius 2 is 2.06 bits per heavy atom. The van der Waals surface area contributed by atoms with Crippen LogP contribution in [0.25, 0.3) is 0 Å². The van der Waals surface area contributed by atoms with Crippen LogP contribution in [0.4, 0.5) is 0 Å². The van der Waals surface area contributed by atoms with Crippen LogP contribution in [0.5, 0.6) is 0 Å². The zero-order valence-electron chi connectivity index (χ0n) is 11.7. The normalized spacial score (nSPS) is 22.8. The number of nitrogens with one attached hydrogen (secondary N) is 1. The van der Waals surface area contributed by atoms with Gasteiger partial charge in [0.2, 0.25) is 0 Å². The molecule has 100 valence electrons. The van der Waals surface area contributed by atoms with Crippen molar-refractivity contribution in [2.45, 2.75) is 59.5 Å². The summed E-state index contributed by atoms with van der Waals surface area (Å²) in [6.45, 7) is 11.5. The molecule has 1 saturated heterocycles. The van der Waals surface area contributed by atoms with E-state index in [1.807, 2.05) is 20.8 Å². The van der Waals surface area contributed by atoms with E-state index < -0.39 is 5.41 Å². The van der Waals surface area contributed by atoms with Crippen molar-refractivity contribution < 1.29 is 9.63 Å². The number of nitrogens with zero attached hydrogens (tertiary/aromatic N) is 1. The van der Waals surface area contributed by atoms with Crippen LogP contribution in [0.3, 0.4) is 0 Å². The fourth-order valence-corrected chi connectivity index (χ4v) is 1.89. The summed E-state index contributed by atoms with van der Waals surface area (Å²) in [5, 5.41) is 5.29. The van der Waals surface area contributed by atoms with Crippen molar-refractivity contribution in [3.8, 4) is 0 Å². The Morgan fingerprint density at radius 3 is 2.59 bits per heavy atom. The summed E-state index contributed by atoms with van der Waals surface area (Å²) < 4.78 is 0. The lowest BCUT2D eigenvalue weighted by molar-refractivity contribution is -0.205. The van der Waals surface area contributed by atoms with E-state index in [-0.39, 0.29) is 5.97 Å². The second-order valence-electron chi connectivity index (χ2n) is 6.18. The van der Waals surface area contributed by atoms with E-state index in [0.717, 1.165) is 25.9 Å². The predicted octanol–water partition coefficient (Wildman–Crippen LogP) is 1.95. The van der Waals surface area contributed by atoms with Crippen LogP contribution in [0.2, 0.25) is 0 Å². The molecule has 0 bridgehead atoms. The van der Waals surface area contributed by atoms with Crippen molar-refractivity contribution in [3.63, 3.8) is 0 Å². The third-order valence-corrected chi connectivity index (χ3v) is 2.78. The Hall–Kier alpha value is -0.610. The van der Waals surface area contributed by atoms with Gasteiger partial charge in [-0.05, 0) is 33.6 Å². The molecule has 0 saturated carbocycles. The Kier molecular flexibility index (Phi) is 4.95. The predicted molar refractivity (Wildman–Crippen MR) is 68.4 cm³/mol. The van der Waals surface area contributed by atoms with Crippen LogP contribution in [0.15, 0.2) is 0 Å². The molecule has 1 rings (SSSR count). The van der Waals surface area contributed by atoms with E-state index in [9.17, 15) is 4.79 Å². The quantitative estimate of drug-likeness (QED) is 0.821. The zero-order chi connectivity index (χ0) is 13.1. The fraction of sp³-hybridized carbons (Fsp3) is 0.923. The molecular weight excluding hydrogens is 216 g/mol. The lowest BCUT2D eigenvalue weighted by atomic mass is 9.98. The van der Waals surface area contributed by atoms with Crippen molar-refractivity contribution in [1.82, 2.24) is 10.4 Å². The van der Waals surface area contributed by atoms with Crippen molar-refractivity contribution >= 4 is 5.97 Å². The number of carbonyl (C=O) groups excluding carboxylic acids is 1. The summed E-state index contributed by atoms with van der Waals surface area (Å²) in [7, 11) is 0. The number of hydrogen-bond donors (Lipinski definition) is 1. The van der Waals surface area contributed by atoms with E-state index in [2.05, 4.69) is 19.2 Å². The largest absolute Gasteiger partial charge is 0.367 e. The lowest BCUT2D eigenvalue weighted by Gasteiger charge is -2.34. The van der Waals surface area contributed by atoms with Gasteiger partial charge in [-0.3, -0.25) is 0 Å². The van der Waals surface area contributed by atoms with Crippen molar-refractivity contribution in [2.75, 3.05) is 13.1 Å². The monoisotopic (exact) mass is 242 g/mol. The molecule has 0 aromatic rings. The molecule has 4 heteroatoms. The van der Waals surface area contributed by atoms with Crippen LogP contribution in [0, 0.1) is 5.41 Å². The van der Waals surface area contributed by atoms with E-state index >= 15 is 0 Å². The lowest BCUT2D eigenvalue weighted by Crippen LogP contribution is -2.49. The van der Waals surface area contributed by atoms with Gasteiger partial charge in [-0.1, -0.05) is 13.8 Å². The number of hydrogen-bond acceptors (Lipinski definition) is 4. The third-order valence-electron chi connectivity index (χ3n) is 2.78. The molecule has 0 aromatic heterocycles. The smallest absolute Gasteiger partial charge is 0.330 e. The summed E-state index contributed by atoms with van der Waals surface area (Å²) in [5.41, 5.74) is -0.432. The van der Waals surface area contributed by atoms with Gasteiger partial charge in [0.25, 0.3) is 0 Å². The third kappa shape index (κ3) is 5.04. The zero-order valence-corrected chi connectivity index (χ0v) is 11.7. The van der Waals surface area contributed by atoms with Gasteiger partial charge < -0.3 is 10.2 Å². The highest BCUT2D eigenvalue weighted by Crippen LogP contribution is 2.18. The molecule has 1 aliphatic heterocycles. The van der Waals surface area contributed by atoms with E-state index in [0.29, 0.717) is 12.1 Å². The van der Waals surface area contributed by atoms with Crippen molar-refractivity contribution in [2.24, 2.45) is 5.41 Å². The number of piperidine rings is 1. The van der Waals surface area contributed by atoms with E-state index in [1.54, 1.807) is 5.06 Å². The van der Waals surface area contributed by atoms with Crippen LogP contribution >= 0.6 is 0 Å². The van der Waals surface area contributed by atoms with Crippen LogP contribution in [0.1, 0.15) is 47.5 Å². The molecule has 0 aromatic carbocycles. The maximum atomic E-state index is 11.8. The topological polar surface area (TPSA) is 41.6 Å². The highest BCUT2D eigenvalue weighted by atomic mass is 16.7. The first kappa shape index (κ1) is 14.5. The standard InChI is InChI=1S/C13H26N2O2/c1-10(2)14-11-7-6-8-15(9-11)17-12(16)13(3,4)5/h10-11,14H,6-9H2,1-5H3/t11-/m0/s1. The van der Waals surface area contributed by atoms with Gasteiger partial charge >= 0.3 is 5.97 Å². The summed E-state index contributed by atoms with van der Waals surface area (Å²) in [4.78, 5) is 17.2. The van der Waals surface area contributed by atoms with Crippen LogP contribution in [-0.4, -0.2) is 36.2 Å². The minimum Gasteiger partial charge on any atom is -0.367 e. The molecule has 0 aliphatic carbocycles. The highest BCUT2D eigenvalue weighted by molar-refractivity contribution is 5.75. The molecule has 1 aliphatic rings. The summed E-state index contributed by atoms with van der Waals surface area (Å²) >= 11 is 0. The molecular formula is C13H26N2O2. The second kappa shape index (κ2) is 5.83. The first-order valence-corrected chi connectivity index (χ1v) is 6.52. The first-order valence-electron chi connectivity index (χ1n) is 6.52. The summed E-state index contributed by atoms with van der Waals surface area (Å²) in [6, 6.07) is 0.898. The maximum Gasteiger partial charge on any atom is 0.330 e.